The molecule has 356 valence electrons. The molecule has 2 heterocycles. The molecule has 0 N–H and O–H groups in total. The van der Waals surface area contributed by atoms with E-state index in [2.05, 4.69) is 216 Å². The van der Waals surface area contributed by atoms with Crippen molar-refractivity contribution in [1.29, 1.82) is 0 Å². The van der Waals surface area contributed by atoms with E-state index >= 15 is 0 Å². The molecule has 0 spiro atoms. The Labute approximate surface area is 444 Å². The van der Waals surface area contributed by atoms with Gasteiger partial charge in [0.25, 0.3) is 0 Å². The molecule has 70 heavy (non-hydrogen) atoms. The van der Waals surface area contributed by atoms with Crippen LogP contribution in [-0.4, -0.2) is 5.43 Å². The van der Waals surface area contributed by atoms with Crippen LogP contribution in [0.25, 0.3) is 89.1 Å². The minimum Gasteiger partial charge on any atom is -0.491 e. The predicted molar refractivity (Wildman–Crippen MR) is 305 cm³/mol. The topological polar surface area (TPSA) is 26.3 Å². The van der Waals surface area contributed by atoms with Crippen LogP contribution < -0.4 is 0 Å². The summed E-state index contributed by atoms with van der Waals surface area (Å²) in [5.74, 6) is 3.61. The van der Waals surface area contributed by atoms with Crippen molar-refractivity contribution >= 4 is 51.8 Å². The van der Waals surface area contributed by atoms with Crippen LogP contribution in [0.4, 0.5) is 0 Å². The van der Waals surface area contributed by atoms with Crippen LogP contribution in [0.5, 0.6) is 0 Å². The van der Waals surface area contributed by atoms with Gasteiger partial charge in [-0.15, -0.1) is 82.8 Å². The summed E-state index contributed by atoms with van der Waals surface area (Å²) in [6, 6.07) is 60.6. The number of fused-ring (bicyclic) bond motifs is 2. The van der Waals surface area contributed by atoms with Crippen LogP contribution in [0, 0.1) is 27.7 Å². The minimum absolute atomic E-state index is 0. The maximum Gasteiger partial charge on any atom is 0.123 e. The molecule has 10 rings (SSSR count). The molecule has 0 aliphatic heterocycles. The van der Waals surface area contributed by atoms with Crippen molar-refractivity contribution in [1.82, 2.24) is 0 Å². The molecule has 2 aromatic heterocycles. The third-order valence-electron chi connectivity index (χ3n) is 13.0. The van der Waals surface area contributed by atoms with Crippen molar-refractivity contribution in [3.8, 4) is 67.5 Å². The van der Waals surface area contributed by atoms with Gasteiger partial charge in [0.2, 0.25) is 0 Å². The molecule has 0 aliphatic rings. The number of hydrogen-bond donors (Lipinski definition) is 0. The van der Waals surface area contributed by atoms with Crippen molar-refractivity contribution in [2.75, 3.05) is 0 Å². The van der Waals surface area contributed by atoms with E-state index in [9.17, 15) is 0 Å². The molecule has 8 aromatic carbocycles. The number of benzene rings is 6. The van der Waals surface area contributed by atoms with Gasteiger partial charge < -0.3 is 8.83 Å². The maximum absolute atomic E-state index is 6.24. The molecule has 2 nitrogen and oxygen atoms in total. The fraction of sp³-hybridized carbons (Fsp3) is 0.219. The van der Waals surface area contributed by atoms with Gasteiger partial charge >= 0.3 is 41.9 Å². The Bertz CT molecular complexity index is 3130. The van der Waals surface area contributed by atoms with Crippen molar-refractivity contribution in [3.63, 3.8) is 0 Å². The van der Waals surface area contributed by atoms with E-state index in [1.165, 1.54) is 77.2 Å². The van der Waals surface area contributed by atoms with Gasteiger partial charge in [0.05, 0.1) is 11.5 Å². The zero-order valence-corrected chi connectivity index (χ0v) is 47.9. The fourth-order valence-corrected chi connectivity index (χ4v) is 9.01. The number of rotatable bonds is 6. The van der Waals surface area contributed by atoms with Crippen molar-refractivity contribution in [2.45, 2.75) is 93.2 Å². The Morgan fingerprint density at radius 2 is 0.729 bits per heavy atom. The average molecular weight is 1060 g/mol. The first-order valence-corrected chi connectivity index (χ1v) is 30.0. The average Bonchev–Trinajstić information content (AvgIpc) is 4.15. The van der Waals surface area contributed by atoms with Crippen LogP contribution in [0.15, 0.2) is 179 Å². The van der Waals surface area contributed by atoms with Crippen LogP contribution in [0.3, 0.4) is 0 Å². The van der Waals surface area contributed by atoms with E-state index in [1.54, 1.807) is 23.3 Å². The standard InChI is InChI=1S/2C31H29O.C2H6Si.2ClH.Zr/c2*1-20-17-24-18-25(29-16-15-28(32-29)22-9-7-6-8-10-22)19-27(24)30(21(20)2)23-11-13-26(14-12-23)31(3,4)5;1-3-2;;;/h2*6-19H,1-5H3;1-2H3;2*1H;/q2*-1;;;;+2. The minimum atomic E-state index is 0. The summed E-state index contributed by atoms with van der Waals surface area (Å²) >= 11 is 1.74. The SMILES string of the molecule is C[Si](C)=[Zr+2].Cc1cc2[cH-]c(-c3ccc(-c4ccccc4)o3)cc2c(-c2ccc(C(C)(C)C)cc2)c1C.Cc1cc2[cH-]c(-c3ccc(-c4ccccc4)o3)cc2c(-c2ccc(C(C)(C)C)cc2)c1C.Cl.Cl. The molecule has 0 saturated heterocycles. The van der Waals surface area contributed by atoms with E-state index in [0.29, 0.717) is 0 Å². The van der Waals surface area contributed by atoms with Gasteiger partial charge in [-0.3, -0.25) is 0 Å². The van der Waals surface area contributed by atoms with Gasteiger partial charge in [-0.25, -0.2) is 0 Å². The Hall–Kier alpha value is -5.22. The molecule has 0 bridgehead atoms. The number of halogens is 2. The largest absolute Gasteiger partial charge is 0.491 e. The van der Waals surface area contributed by atoms with Crippen LogP contribution in [0.1, 0.15) is 74.9 Å². The molecule has 10 aromatic rings. The third-order valence-corrected chi connectivity index (χ3v) is 13.0. The molecule has 0 saturated carbocycles. The predicted octanol–water partition coefficient (Wildman–Crippen LogP) is 19.8. The molecule has 0 unspecified atom stereocenters. The zero-order valence-electron chi connectivity index (χ0n) is 42.8. The Morgan fingerprint density at radius 1 is 0.414 bits per heavy atom. The van der Waals surface area contributed by atoms with Crippen LogP contribution in [-0.2, 0) is 34.2 Å². The van der Waals surface area contributed by atoms with Crippen LogP contribution in [0.2, 0.25) is 13.1 Å². The molecule has 0 atom stereocenters. The van der Waals surface area contributed by atoms with Gasteiger partial charge in [0.1, 0.15) is 11.5 Å². The molecule has 6 heteroatoms. The Kier molecular flexibility index (Phi) is 17.4. The van der Waals surface area contributed by atoms with Gasteiger partial charge in [0, 0.05) is 11.1 Å². The Morgan fingerprint density at radius 3 is 1.04 bits per heavy atom. The monoisotopic (exact) mass is 1050 g/mol. The van der Waals surface area contributed by atoms with E-state index in [1.807, 2.05) is 36.4 Å². The van der Waals surface area contributed by atoms with E-state index in [4.69, 9.17) is 8.83 Å². The maximum atomic E-state index is 6.24. The summed E-state index contributed by atoms with van der Waals surface area (Å²) < 4.78 is 12.5. The van der Waals surface area contributed by atoms with E-state index in [0.717, 1.165) is 45.3 Å². The smallest absolute Gasteiger partial charge is 0.123 e. The summed E-state index contributed by atoms with van der Waals surface area (Å²) in [6.45, 7) is 27.0. The van der Waals surface area contributed by atoms with Gasteiger partial charge in [0.15, 0.2) is 0 Å². The van der Waals surface area contributed by atoms with E-state index in [-0.39, 0.29) is 41.1 Å². The number of hydrogen-bond acceptors (Lipinski definition) is 2. The first-order chi connectivity index (χ1) is 32.3. The zero-order chi connectivity index (χ0) is 48.5. The van der Waals surface area contributed by atoms with Gasteiger partial charge in [-0.05, 0) is 96.2 Å². The fourth-order valence-electron chi connectivity index (χ4n) is 9.01. The molecule has 0 fully saturated rings. The molecular weight excluding hydrogens is 991 g/mol. The van der Waals surface area contributed by atoms with Crippen molar-refractivity contribution < 1.29 is 32.2 Å². The summed E-state index contributed by atoms with van der Waals surface area (Å²) in [5, 5.41) is 5.08. The number of furan rings is 2. The first kappa shape index (κ1) is 54.1. The Balaban J connectivity index is 0.000000208. The van der Waals surface area contributed by atoms with Gasteiger partial charge in [-0.2, -0.15) is 0 Å². The third kappa shape index (κ3) is 12.1. The van der Waals surface area contributed by atoms with Crippen molar-refractivity contribution in [3.05, 3.63) is 203 Å². The molecular formula is C64H66Cl2O2SiZr. The normalized spacial score (nSPS) is 11.3. The number of aryl methyl sites for hydroxylation is 2. The molecule has 0 aliphatic carbocycles. The second-order valence-electron chi connectivity index (χ2n) is 20.6. The quantitative estimate of drug-likeness (QED) is 0.123. The first-order valence-electron chi connectivity index (χ1n) is 23.8. The summed E-state index contributed by atoms with van der Waals surface area (Å²) in [6.07, 6.45) is 0. The second-order valence-corrected chi connectivity index (χ2v) is 30.0. The molecule has 0 radical (unpaired) electrons. The summed E-state index contributed by atoms with van der Waals surface area (Å²) in [5.41, 5.74) is 18.2. The summed E-state index contributed by atoms with van der Waals surface area (Å²) in [4.78, 5) is 0. The van der Waals surface area contributed by atoms with Crippen LogP contribution >= 0.6 is 24.8 Å². The molecule has 0 amide bonds. The second kappa shape index (κ2) is 22.5. The summed E-state index contributed by atoms with van der Waals surface area (Å²) in [7, 11) is 0. The van der Waals surface area contributed by atoms with E-state index < -0.39 is 0 Å². The van der Waals surface area contributed by atoms with Gasteiger partial charge in [-0.1, -0.05) is 184 Å². The van der Waals surface area contributed by atoms with Crippen molar-refractivity contribution in [2.24, 2.45) is 0 Å².